The molecule has 2 rings (SSSR count). The van der Waals surface area contributed by atoms with Gasteiger partial charge in [-0.05, 0) is 31.5 Å². The standard InChI is InChI=1S/C15H22N2O2/c1-17(2)12-5-3-6-13(11-12)19-10-8-15(18)14-7-4-9-16-14/h3,5-6,11,14,16H,4,7-10H2,1-2H3. The van der Waals surface area contributed by atoms with Crippen LogP contribution < -0.4 is 15.0 Å². The molecule has 1 saturated heterocycles. The highest BCUT2D eigenvalue weighted by atomic mass is 16.5. The SMILES string of the molecule is CN(C)c1cccc(OCCC(=O)C2CCCN2)c1. The highest BCUT2D eigenvalue weighted by Gasteiger charge is 2.21. The van der Waals surface area contributed by atoms with Crippen molar-refractivity contribution in [1.82, 2.24) is 5.32 Å². The summed E-state index contributed by atoms with van der Waals surface area (Å²) < 4.78 is 5.65. The second-order valence-electron chi connectivity index (χ2n) is 5.11. The molecule has 104 valence electrons. The van der Waals surface area contributed by atoms with Crippen LogP contribution in [-0.2, 0) is 4.79 Å². The molecule has 1 aromatic rings. The Balaban J connectivity index is 1.78. The number of carbonyl (C=O) groups excluding carboxylic acids is 1. The lowest BCUT2D eigenvalue weighted by molar-refractivity contribution is -0.121. The first kappa shape index (κ1) is 13.9. The zero-order valence-electron chi connectivity index (χ0n) is 11.7. The van der Waals surface area contributed by atoms with Gasteiger partial charge in [0.2, 0.25) is 0 Å². The maximum atomic E-state index is 11.9. The molecule has 0 amide bonds. The van der Waals surface area contributed by atoms with E-state index in [1.54, 1.807) is 0 Å². The zero-order chi connectivity index (χ0) is 13.7. The third-order valence-corrected chi connectivity index (χ3v) is 3.40. The Bertz CT molecular complexity index is 426. The molecule has 0 bridgehead atoms. The maximum absolute atomic E-state index is 11.9. The molecule has 4 heteroatoms. The summed E-state index contributed by atoms with van der Waals surface area (Å²) in [4.78, 5) is 13.9. The van der Waals surface area contributed by atoms with E-state index in [9.17, 15) is 4.79 Å². The van der Waals surface area contributed by atoms with Crippen LogP contribution in [-0.4, -0.2) is 39.1 Å². The Hall–Kier alpha value is -1.55. The first-order chi connectivity index (χ1) is 9.16. The van der Waals surface area contributed by atoms with Gasteiger partial charge in [0.05, 0.1) is 12.6 Å². The van der Waals surface area contributed by atoms with Gasteiger partial charge in [0.15, 0.2) is 5.78 Å². The van der Waals surface area contributed by atoms with Crippen molar-refractivity contribution < 1.29 is 9.53 Å². The van der Waals surface area contributed by atoms with E-state index in [2.05, 4.69) is 5.32 Å². The van der Waals surface area contributed by atoms with Crippen molar-refractivity contribution in [1.29, 1.82) is 0 Å². The second kappa shape index (κ2) is 6.57. The van der Waals surface area contributed by atoms with Crippen molar-refractivity contribution in [2.75, 3.05) is 32.1 Å². The van der Waals surface area contributed by atoms with Gasteiger partial charge in [0.1, 0.15) is 5.75 Å². The predicted molar refractivity (Wildman–Crippen MR) is 76.9 cm³/mol. The van der Waals surface area contributed by atoms with Gasteiger partial charge in [-0.3, -0.25) is 4.79 Å². The molecule has 1 unspecified atom stereocenters. The topological polar surface area (TPSA) is 41.6 Å². The summed E-state index contributed by atoms with van der Waals surface area (Å²) in [6.07, 6.45) is 2.54. The van der Waals surface area contributed by atoms with Crippen LogP contribution in [0.4, 0.5) is 5.69 Å². The summed E-state index contributed by atoms with van der Waals surface area (Å²) in [5.74, 6) is 1.08. The number of ether oxygens (including phenoxy) is 1. The van der Waals surface area contributed by atoms with Gasteiger partial charge in [-0.25, -0.2) is 0 Å². The number of ketones is 1. The van der Waals surface area contributed by atoms with Gasteiger partial charge in [-0.2, -0.15) is 0 Å². The van der Waals surface area contributed by atoms with E-state index in [-0.39, 0.29) is 11.8 Å². The average molecular weight is 262 g/mol. The summed E-state index contributed by atoms with van der Waals surface area (Å²) in [5, 5.41) is 3.22. The van der Waals surface area contributed by atoms with Crippen molar-refractivity contribution in [3.8, 4) is 5.75 Å². The van der Waals surface area contributed by atoms with Crippen LogP contribution in [0.25, 0.3) is 0 Å². The Morgan fingerprint density at radius 1 is 1.47 bits per heavy atom. The molecular weight excluding hydrogens is 240 g/mol. The van der Waals surface area contributed by atoms with E-state index in [4.69, 9.17) is 4.74 Å². The molecule has 0 spiro atoms. The largest absolute Gasteiger partial charge is 0.493 e. The molecule has 0 aromatic heterocycles. The van der Waals surface area contributed by atoms with Crippen molar-refractivity contribution in [2.24, 2.45) is 0 Å². The molecule has 0 saturated carbocycles. The predicted octanol–water partition coefficient (Wildman–Crippen LogP) is 1.84. The Labute approximate surface area is 114 Å². The molecule has 0 radical (unpaired) electrons. The van der Waals surface area contributed by atoms with Gasteiger partial charge >= 0.3 is 0 Å². The number of rotatable bonds is 6. The minimum atomic E-state index is 0.0525. The number of nitrogens with zero attached hydrogens (tertiary/aromatic N) is 1. The number of benzene rings is 1. The molecule has 1 aliphatic heterocycles. The molecule has 0 aliphatic carbocycles. The van der Waals surface area contributed by atoms with Crippen molar-refractivity contribution >= 4 is 11.5 Å². The number of Topliss-reactive ketones (excluding diaryl/α,β-unsaturated/α-hetero) is 1. The van der Waals surface area contributed by atoms with Crippen molar-refractivity contribution in [3.05, 3.63) is 24.3 Å². The first-order valence-corrected chi connectivity index (χ1v) is 6.83. The molecule has 1 heterocycles. The number of anilines is 1. The number of carbonyl (C=O) groups is 1. The summed E-state index contributed by atoms with van der Waals surface area (Å²) in [6, 6.07) is 7.95. The first-order valence-electron chi connectivity index (χ1n) is 6.83. The lowest BCUT2D eigenvalue weighted by atomic mass is 10.1. The van der Waals surface area contributed by atoms with E-state index in [1.165, 1.54) is 0 Å². The lowest BCUT2D eigenvalue weighted by Gasteiger charge is -2.14. The second-order valence-corrected chi connectivity index (χ2v) is 5.11. The lowest BCUT2D eigenvalue weighted by Crippen LogP contribution is -2.31. The quantitative estimate of drug-likeness (QED) is 0.849. The maximum Gasteiger partial charge on any atom is 0.153 e. The van der Waals surface area contributed by atoms with Gasteiger partial charge < -0.3 is 15.0 Å². The third-order valence-electron chi connectivity index (χ3n) is 3.40. The average Bonchev–Trinajstić information content (AvgIpc) is 2.93. The summed E-state index contributed by atoms with van der Waals surface area (Å²) in [6.45, 7) is 1.41. The summed E-state index contributed by atoms with van der Waals surface area (Å²) >= 11 is 0. The van der Waals surface area contributed by atoms with Gasteiger partial charge in [-0.15, -0.1) is 0 Å². The van der Waals surface area contributed by atoms with Gasteiger partial charge in [0.25, 0.3) is 0 Å². The fraction of sp³-hybridized carbons (Fsp3) is 0.533. The van der Waals surface area contributed by atoms with Crippen LogP contribution in [0.5, 0.6) is 5.75 Å². The molecule has 4 nitrogen and oxygen atoms in total. The Morgan fingerprint density at radius 2 is 2.32 bits per heavy atom. The van der Waals surface area contributed by atoms with E-state index < -0.39 is 0 Å². The Kier molecular flexibility index (Phi) is 4.80. The molecule has 19 heavy (non-hydrogen) atoms. The zero-order valence-corrected chi connectivity index (χ0v) is 11.7. The van der Waals surface area contributed by atoms with E-state index in [0.29, 0.717) is 13.0 Å². The van der Waals surface area contributed by atoms with Crippen LogP contribution >= 0.6 is 0 Å². The number of hydrogen-bond acceptors (Lipinski definition) is 4. The minimum Gasteiger partial charge on any atom is -0.493 e. The number of hydrogen-bond donors (Lipinski definition) is 1. The molecule has 1 atom stereocenters. The van der Waals surface area contributed by atoms with E-state index in [0.717, 1.165) is 30.8 Å². The smallest absolute Gasteiger partial charge is 0.153 e. The molecule has 1 aromatic carbocycles. The summed E-state index contributed by atoms with van der Waals surface area (Å²) in [7, 11) is 3.99. The molecule has 1 N–H and O–H groups in total. The monoisotopic (exact) mass is 262 g/mol. The fourth-order valence-electron chi connectivity index (χ4n) is 2.25. The van der Waals surface area contributed by atoms with Crippen LogP contribution in [0.1, 0.15) is 19.3 Å². The van der Waals surface area contributed by atoms with E-state index in [1.807, 2.05) is 43.3 Å². The van der Waals surface area contributed by atoms with Gasteiger partial charge in [0, 0.05) is 32.3 Å². The highest BCUT2D eigenvalue weighted by molar-refractivity contribution is 5.84. The van der Waals surface area contributed by atoms with Gasteiger partial charge in [-0.1, -0.05) is 6.07 Å². The molecular formula is C15H22N2O2. The van der Waals surface area contributed by atoms with E-state index >= 15 is 0 Å². The van der Waals surface area contributed by atoms with Crippen LogP contribution in [0, 0.1) is 0 Å². The fourth-order valence-corrected chi connectivity index (χ4v) is 2.25. The molecule has 1 fully saturated rings. The minimum absolute atomic E-state index is 0.0525. The van der Waals surface area contributed by atoms with Crippen LogP contribution in [0.15, 0.2) is 24.3 Å². The molecule has 1 aliphatic rings. The van der Waals surface area contributed by atoms with Crippen molar-refractivity contribution in [2.45, 2.75) is 25.3 Å². The van der Waals surface area contributed by atoms with Crippen molar-refractivity contribution in [3.63, 3.8) is 0 Å². The van der Waals surface area contributed by atoms with Crippen LogP contribution in [0.2, 0.25) is 0 Å². The summed E-state index contributed by atoms with van der Waals surface area (Å²) in [5.41, 5.74) is 1.10. The normalized spacial score (nSPS) is 18.3. The highest BCUT2D eigenvalue weighted by Crippen LogP contribution is 2.19. The van der Waals surface area contributed by atoms with Crippen LogP contribution in [0.3, 0.4) is 0 Å². The third kappa shape index (κ3) is 3.96. The number of nitrogens with one attached hydrogen (secondary N) is 1. The Morgan fingerprint density at radius 3 is 3.00 bits per heavy atom.